The van der Waals surface area contributed by atoms with Crippen LogP contribution in [0.25, 0.3) is 11.1 Å². The highest BCUT2D eigenvalue weighted by Gasteiger charge is 2.41. The largest absolute Gasteiger partial charge is 0.471 e. The van der Waals surface area contributed by atoms with Crippen LogP contribution in [0.15, 0.2) is 53.4 Å². The molecule has 9 heteroatoms. The fourth-order valence-corrected chi connectivity index (χ4v) is 3.42. The van der Waals surface area contributed by atoms with E-state index in [-0.39, 0.29) is 18.7 Å². The Labute approximate surface area is 171 Å². The summed E-state index contributed by atoms with van der Waals surface area (Å²) in [4.78, 5) is 18.0. The number of nitrogens with zero attached hydrogens (tertiary/aromatic N) is 3. The first kappa shape index (κ1) is 18.6. The van der Waals surface area contributed by atoms with E-state index in [1.54, 1.807) is 24.4 Å². The molecule has 0 unspecified atom stereocenters. The first-order chi connectivity index (χ1) is 14.5. The van der Waals surface area contributed by atoms with Gasteiger partial charge < -0.3 is 19.7 Å². The molecule has 1 saturated carbocycles. The topological polar surface area (TPSA) is 104 Å². The molecule has 3 heterocycles. The summed E-state index contributed by atoms with van der Waals surface area (Å²) >= 11 is 0. The molecule has 5 rings (SSSR count). The van der Waals surface area contributed by atoms with Gasteiger partial charge >= 0.3 is 6.09 Å². The van der Waals surface area contributed by atoms with Gasteiger partial charge in [0.15, 0.2) is 6.10 Å². The minimum absolute atomic E-state index is 0.121. The predicted molar refractivity (Wildman–Crippen MR) is 104 cm³/mol. The number of carbonyl (C=O) groups excluding carboxylic acids is 1. The van der Waals surface area contributed by atoms with Crippen molar-refractivity contribution in [2.45, 2.75) is 24.5 Å². The van der Waals surface area contributed by atoms with E-state index in [2.05, 4.69) is 14.7 Å². The Bertz CT molecular complexity index is 1070. The van der Waals surface area contributed by atoms with Crippen molar-refractivity contribution >= 4 is 11.8 Å². The Morgan fingerprint density at radius 2 is 2.13 bits per heavy atom. The zero-order valence-corrected chi connectivity index (χ0v) is 16.0. The third kappa shape index (κ3) is 3.48. The van der Waals surface area contributed by atoms with Crippen LogP contribution in [0.5, 0.6) is 5.88 Å². The number of cyclic esters (lactones) is 1. The summed E-state index contributed by atoms with van der Waals surface area (Å²) in [7, 11) is 0. The molecule has 30 heavy (non-hydrogen) atoms. The van der Waals surface area contributed by atoms with Crippen molar-refractivity contribution in [2.75, 3.05) is 18.1 Å². The van der Waals surface area contributed by atoms with Gasteiger partial charge in [-0.2, -0.15) is 0 Å². The Balaban J connectivity index is 1.29. The van der Waals surface area contributed by atoms with E-state index in [0.29, 0.717) is 22.7 Å². The molecule has 2 N–H and O–H groups in total. The number of hydrogen-bond donors (Lipinski definition) is 1. The SMILES string of the molecule is NC1(c2ccc(-c3ccc(N4C[C@H](COc5ccon5)OC4=O)cc3F)cn2)CC1. The van der Waals surface area contributed by atoms with E-state index in [1.807, 2.05) is 12.1 Å². The van der Waals surface area contributed by atoms with Crippen LogP contribution in [-0.4, -0.2) is 35.5 Å². The molecule has 1 saturated heterocycles. The Morgan fingerprint density at radius 1 is 1.27 bits per heavy atom. The molecule has 1 aromatic carbocycles. The number of rotatable bonds is 6. The van der Waals surface area contributed by atoms with Gasteiger partial charge in [-0.05, 0) is 42.3 Å². The van der Waals surface area contributed by atoms with Crippen LogP contribution >= 0.6 is 0 Å². The second kappa shape index (κ2) is 7.10. The summed E-state index contributed by atoms with van der Waals surface area (Å²) in [6.45, 7) is 0.361. The van der Waals surface area contributed by atoms with Crippen LogP contribution < -0.4 is 15.4 Å². The molecule has 1 aliphatic carbocycles. The lowest BCUT2D eigenvalue weighted by Gasteiger charge is -2.15. The molecule has 154 valence electrons. The molecule has 3 aromatic rings. The van der Waals surface area contributed by atoms with Gasteiger partial charge in [-0.3, -0.25) is 9.88 Å². The van der Waals surface area contributed by atoms with Gasteiger partial charge in [0.1, 0.15) is 18.7 Å². The molecule has 0 spiro atoms. The number of ether oxygens (including phenoxy) is 2. The predicted octanol–water partition coefficient (Wildman–Crippen LogP) is 3.23. The van der Waals surface area contributed by atoms with Gasteiger partial charge in [-0.15, -0.1) is 0 Å². The van der Waals surface area contributed by atoms with Crippen LogP contribution in [0.2, 0.25) is 0 Å². The molecule has 2 aromatic heterocycles. The van der Waals surface area contributed by atoms with Crippen molar-refractivity contribution in [1.29, 1.82) is 0 Å². The number of benzene rings is 1. The summed E-state index contributed by atoms with van der Waals surface area (Å²) in [6, 6.07) is 9.84. The number of halogens is 1. The Hall–Kier alpha value is -3.46. The number of pyridine rings is 1. The number of anilines is 1. The summed E-state index contributed by atoms with van der Waals surface area (Å²) in [5.74, 6) is -0.146. The second-order valence-electron chi connectivity index (χ2n) is 7.52. The van der Waals surface area contributed by atoms with Gasteiger partial charge in [0, 0.05) is 23.4 Å². The third-order valence-electron chi connectivity index (χ3n) is 5.34. The molecule has 1 amide bonds. The van der Waals surface area contributed by atoms with Crippen molar-refractivity contribution in [3.63, 3.8) is 0 Å². The number of carbonyl (C=O) groups is 1. The maximum Gasteiger partial charge on any atom is 0.414 e. The van der Waals surface area contributed by atoms with Crippen LogP contribution in [0, 0.1) is 5.82 Å². The van der Waals surface area contributed by atoms with Crippen LogP contribution in [-0.2, 0) is 10.3 Å². The molecule has 0 radical (unpaired) electrons. The van der Waals surface area contributed by atoms with E-state index in [4.69, 9.17) is 15.2 Å². The number of aromatic nitrogens is 2. The highest BCUT2D eigenvalue weighted by atomic mass is 19.1. The highest BCUT2D eigenvalue weighted by molar-refractivity contribution is 5.90. The molecule has 8 nitrogen and oxygen atoms in total. The molecular formula is C21H19FN4O4. The van der Waals surface area contributed by atoms with Gasteiger partial charge in [0.05, 0.1) is 23.5 Å². The van der Waals surface area contributed by atoms with Gasteiger partial charge in [-0.25, -0.2) is 9.18 Å². The standard InChI is InChI=1S/C21H19FN4O4/c22-17-9-14(26-11-15(30-20(26)27)12-28-19-5-8-29-25-19)2-3-16(17)13-1-4-18(24-10-13)21(23)6-7-21/h1-5,8-10,15H,6-7,11-12,23H2/t15-/m1/s1. The highest BCUT2D eigenvalue weighted by Crippen LogP contribution is 2.42. The van der Waals surface area contributed by atoms with Crippen LogP contribution in [0.1, 0.15) is 18.5 Å². The molecule has 0 bridgehead atoms. The van der Waals surface area contributed by atoms with E-state index in [0.717, 1.165) is 18.5 Å². The first-order valence-corrected chi connectivity index (χ1v) is 9.58. The third-order valence-corrected chi connectivity index (χ3v) is 5.34. The van der Waals surface area contributed by atoms with Gasteiger partial charge in [0.25, 0.3) is 5.88 Å². The van der Waals surface area contributed by atoms with Crippen molar-refractivity contribution in [3.05, 3.63) is 60.4 Å². The maximum atomic E-state index is 14.8. The summed E-state index contributed by atoms with van der Waals surface area (Å²) in [6.07, 6.45) is 3.79. The fourth-order valence-electron chi connectivity index (χ4n) is 3.42. The number of amides is 1. The van der Waals surface area contributed by atoms with E-state index >= 15 is 0 Å². The molecule has 2 aliphatic rings. The summed E-state index contributed by atoms with van der Waals surface area (Å²) < 4.78 is 30.2. The van der Waals surface area contributed by atoms with E-state index in [9.17, 15) is 9.18 Å². The Kier molecular flexibility index (Phi) is 4.39. The van der Waals surface area contributed by atoms with Gasteiger partial charge in [-0.1, -0.05) is 6.07 Å². The van der Waals surface area contributed by atoms with E-state index < -0.39 is 18.0 Å². The quantitative estimate of drug-likeness (QED) is 0.665. The number of hydrogen-bond acceptors (Lipinski definition) is 7. The fraction of sp³-hybridized carbons (Fsp3) is 0.286. The molecular weight excluding hydrogens is 391 g/mol. The average Bonchev–Trinajstić information content (AvgIpc) is 3.14. The molecule has 2 fully saturated rings. The zero-order valence-electron chi connectivity index (χ0n) is 16.0. The average molecular weight is 410 g/mol. The van der Waals surface area contributed by atoms with E-state index in [1.165, 1.54) is 17.2 Å². The van der Waals surface area contributed by atoms with Gasteiger partial charge in [0.2, 0.25) is 0 Å². The van der Waals surface area contributed by atoms with Crippen molar-refractivity contribution in [1.82, 2.24) is 10.1 Å². The molecule has 1 atom stereocenters. The van der Waals surface area contributed by atoms with Crippen molar-refractivity contribution < 1.29 is 23.2 Å². The smallest absolute Gasteiger partial charge is 0.414 e. The summed E-state index contributed by atoms with van der Waals surface area (Å²) in [5.41, 5.74) is 8.10. The van der Waals surface area contributed by atoms with Crippen molar-refractivity contribution in [3.8, 4) is 17.0 Å². The maximum absolute atomic E-state index is 14.8. The van der Waals surface area contributed by atoms with Crippen LogP contribution in [0.3, 0.4) is 0 Å². The Morgan fingerprint density at radius 3 is 2.80 bits per heavy atom. The normalized spacial score (nSPS) is 19.6. The minimum atomic E-state index is -0.556. The lowest BCUT2D eigenvalue weighted by Crippen LogP contribution is -2.26. The minimum Gasteiger partial charge on any atom is -0.471 e. The lowest BCUT2D eigenvalue weighted by molar-refractivity contribution is 0.102. The lowest BCUT2D eigenvalue weighted by atomic mass is 10.0. The molecule has 1 aliphatic heterocycles. The van der Waals surface area contributed by atoms with Crippen LogP contribution in [0.4, 0.5) is 14.9 Å². The second-order valence-corrected chi connectivity index (χ2v) is 7.52. The van der Waals surface area contributed by atoms with Crippen molar-refractivity contribution in [2.24, 2.45) is 5.73 Å². The monoisotopic (exact) mass is 410 g/mol. The number of nitrogens with two attached hydrogens (primary N) is 1. The first-order valence-electron chi connectivity index (χ1n) is 9.58. The zero-order chi connectivity index (χ0) is 20.7. The summed E-state index contributed by atoms with van der Waals surface area (Å²) in [5, 5.41) is 3.63.